The van der Waals surface area contributed by atoms with Crippen LogP contribution in [0, 0.1) is 0 Å². The van der Waals surface area contributed by atoms with Gasteiger partial charge < -0.3 is 19.1 Å². The first-order valence-corrected chi connectivity index (χ1v) is 11.5. The summed E-state index contributed by atoms with van der Waals surface area (Å²) in [6.07, 6.45) is 1.36. The number of carbonyl (C=O) groups is 1. The van der Waals surface area contributed by atoms with E-state index in [2.05, 4.69) is 19.9 Å². The van der Waals surface area contributed by atoms with Crippen molar-refractivity contribution in [2.75, 3.05) is 25.7 Å². The minimum atomic E-state index is -0.740. The third-order valence-electron chi connectivity index (χ3n) is 5.18. The molecule has 0 amide bonds. The summed E-state index contributed by atoms with van der Waals surface area (Å²) in [5, 5.41) is 3.58. The lowest BCUT2D eigenvalue weighted by atomic mass is 10.1. The molecule has 0 atom stereocenters. The van der Waals surface area contributed by atoms with Gasteiger partial charge >= 0.3 is 5.97 Å². The fourth-order valence-electron chi connectivity index (χ4n) is 3.37. The summed E-state index contributed by atoms with van der Waals surface area (Å²) < 4.78 is 15.5. The van der Waals surface area contributed by atoms with Gasteiger partial charge in [0.25, 0.3) is 0 Å². The third kappa shape index (κ3) is 7.15. The van der Waals surface area contributed by atoms with Gasteiger partial charge in [0.1, 0.15) is 28.2 Å². The highest BCUT2D eigenvalue weighted by molar-refractivity contribution is 6.31. The first kappa shape index (κ1) is 26.4. The van der Waals surface area contributed by atoms with Crippen molar-refractivity contribution in [1.29, 1.82) is 0 Å². The Morgan fingerprint density at radius 3 is 2.00 bits per heavy atom. The Bertz CT molecular complexity index is 1210. The second-order valence-corrected chi connectivity index (χ2v) is 7.90. The Kier molecular flexibility index (Phi) is 9.56. The SMILES string of the molecule is CCOC(=O)/C(=C/c1ccc(N(Cc2ccc(OC)cc2)Cc2ccc(OC)cc2)nc1Cl)N=[N+]=[N-]. The first-order valence-electron chi connectivity index (χ1n) is 11.1. The predicted octanol–water partition coefficient (Wildman–Crippen LogP) is 6.17. The Morgan fingerprint density at radius 2 is 1.56 bits per heavy atom. The molecule has 186 valence electrons. The van der Waals surface area contributed by atoms with Gasteiger partial charge in [-0.2, -0.15) is 0 Å². The van der Waals surface area contributed by atoms with Crippen molar-refractivity contribution < 1.29 is 19.0 Å². The van der Waals surface area contributed by atoms with Crippen LogP contribution < -0.4 is 14.4 Å². The van der Waals surface area contributed by atoms with Crippen molar-refractivity contribution >= 4 is 29.5 Å². The van der Waals surface area contributed by atoms with Gasteiger partial charge in [-0.05, 0) is 66.1 Å². The average molecular weight is 508 g/mol. The van der Waals surface area contributed by atoms with Crippen molar-refractivity contribution in [3.05, 3.63) is 98.6 Å². The second kappa shape index (κ2) is 13.0. The number of ether oxygens (including phenoxy) is 3. The number of benzene rings is 2. The molecule has 0 unspecified atom stereocenters. The summed E-state index contributed by atoms with van der Waals surface area (Å²) in [5.74, 6) is 1.44. The highest BCUT2D eigenvalue weighted by Gasteiger charge is 2.15. The largest absolute Gasteiger partial charge is 0.497 e. The van der Waals surface area contributed by atoms with E-state index < -0.39 is 5.97 Å². The molecule has 0 aliphatic carbocycles. The van der Waals surface area contributed by atoms with Gasteiger partial charge in [-0.25, -0.2) is 9.78 Å². The molecule has 2 aromatic carbocycles. The molecule has 9 nitrogen and oxygen atoms in total. The van der Waals surface area contributed by atoms with Crippen molar-refractivity contribution in [1.82, 2.24) is 4.98 Å². The number of nitrogens with zero attached hydrogens (tertiary/aromatic N) is 5. The van der Waals surface area contributed by atoms with E-state index in [1.54, 1.807) is 33.3 Å². The van der Waals surface area contributed by atoms with Gasteiger partial charge in [0, 0.05) is 23.6 Å². The lowest BCUT2D eigenvalue weighted by Crippen LogP contribution is -2.23. The molecule has 0 aliphatic heterocycles. The Hall–Kier alpha value is -4.20. The molecule has 36 heavy (non-hydrogen) atoms. The molecule has 1 aromatic heterocycles. The molecule has 0 saturated heterocycles. The van der Waals surface area contributed by atoms with E-state index in [-0.39, 0.29) is 17.5 Å². The maximum atomic E-state index is 12.1. The number of carbonyl (C=O) groups excluding carboxylic acids is 1. The molecule has 0 N–H and O–H groups in total. The summed E-state index contributed by atoms with van der Waals surface area (Å²) in [4.78, 5) is 21.4. The molecule has 0 saturated carbocycles. The molecule has 3 aromatic rings. The van der Waals surface area contributed by atoms with Crippen LogP contribution in [0.15, 0.2) is 71.5 Å². The summed E-state index contributed by atoms with van der Waals surface area (Å²) in [5.41, 5.74) is 11.1. The predicted molar refractivity (Wildman–Crippen MR) is 139 cm³/mol. The maximum Gasteiger partial charge on any atom is 0.340 e. The van der Waals surface area contributed by atoms with Gasteiger partial charge in [-0.3, -0.25) is 0 Å². The number of aromatic nitrogens is 1. The molecule has 0 aliphatic rings. The van der Waals surface area contributed by atoms with Gasteiger partial charge in [0.2, 0.25) is 0 Å². The fourth-order valence-corrected chi connectivity index (χ4v) is 3.57. The summed E-state index contributed by atoms with van der Waals surface area (Å²) >= 11 is 6.48. The molecule has 0 spiro atoms. The van der Waals surface area contributed by atoms with Crippen LogP contribution in [0.2, 0.25) is 5.15 Å². The zero-order valence-corrected chi connectivity index (χ0v) is 21.0. The van der Waals surface area contributed by atoms with Gasteiger partial charge in [0.15, 0.2) is 0 Å². The summed E-state index contributed by atoms with van der Waals surface area (Å²) in [7, 11) is 3.25. The second-order valence-electron chi connectivity index (χ2n) is 7.54. The van der Waals surface area contributed by atoms with Crippen molar-refractivity contribution in [3.8, 4) is 11.5 Å². The van der Waals surface area contributed by atoms with Crippen molar-refractivity contribution in [2.24, 2.45) is 5.11 Å². The normalized spacial score (nSPS) is 10.8. The topological polar surface area (TPSA) is 110 Å². The van der Waals surface area contributed by atoms with E-state index in [1.807, 2.05) is 48.5 Å². The molecule has 10 heteroatoms. The number of anilines is 1. The number of pyridine rings is 1. The van der Waals surface area contributed by atoms with Crippen LogP contribution in [0.5, 0.6) is 11.5 Å². The maximum absolute atomic E-state index is 12.1. The lowest BCUT2D eigenvalue weighted by molar-refractivity contribution is -0.138. The van der Waals surface area contributed by atoms with E-state index in [9.17, 15) is 4.79 Å². The molecule has 0 bridgehead atoms. The molecular weight excluding hydrogens is 482 g/mol. The fraction of sp³-hybridized carbons (Fsp3) is 0.231. The number of esters is 1. The number of azide groups is 1. The Balaban J connectivity index is 1.94. The molecule has 3 rings (SSSR count). The molecule has 1 heterocycles. The van der Waals surface area contributed by atoms with Gasteiger partial charge in [0.05, 0.1) is 20.8 Å². The van der Waals surface area contributed by atoms with E-state index in [0.29, 0.717) is 24.5 Å². The summed E-state index contributed by atoms with van der Waals surface area (Å²) in [6.45, 7) is 2.92. The number of hydrogen-bond acceptors (Lipinski definition) is 7. The van der Waals surface area contributed by atoms with Crippen molar-refractivity contribution in [2.45, 2.75) is 20.0 Å². The third-order valence-corrected chi connectivity index (χ3v) is 5.48. The van der Waals surface area contributed by atoms with E-state index in [1.165, 1.54) is 6.08 Å². The lowest BCUT2D eigenvalue weighted by Gasteiger charge is -2.25. The van der Waals surface area contributed by atoms with Gasteiger partial charge in [-0.1, -0.05) is 41.0 Å². The Morgan fingerprint density at radius 1 is 1.00 bits per heavy atom. The monoisotopic (exact) mass is 507 g/mol. The highest BCUT2D eigenvalue weighted by Crippen LogP contribution is 2.26. The van der Waals surface area contributed by atoms with Crippen LogP contribution in [-0.4, -0.2) is 31.8 Å². The van der Waals surface area contributed by atoms with Crippen LogP contribution in [0.4, 0.5) is 5.82 Å². The number of rotatable bonds is 11. The molecule has 0 fully saturated rings. The van der Waals surface area contributed by atoms with Crippen LogP contribution in [0.25, 0.3) is 16.5 Å². The minimum absolute atomic E-state index is 0.147. The van der Waals surface area contributed by atoms with Crippen LogP contribution in [-0.2, 0) is 22.6 Å². The number of methoxy groups -OCH3 is 2. The zero-order chi connectivity index (χ0) is 25.9. The van der Waals surface area contributed by atoms with Crippen LogP contribution in [0.1, 0.15) is 23.6 Å². The number of hydrogen-bond donors (Lipinski definition) is 0. The Labute approximate surface area is 214 Å². The molecule has 0 radical (unpaired) electrons. The standard InChI is InChI=1S/C26H26ClN5O4/c1-4-36-26(33)23(30-31-28)15-20-9-14-24(29-25(20)27)32(16-18-5-10-21(34-2)11-6-18)17-19-7-12-22(35-3)13-8-19/h5-15H,4,16-17H2,1-3H3/b23-15-. The van der Waals surface area contributed by atoms with Crippen molar-refractivity contribution in [3.63, 3.8) is 0 Å². The quantitative estimate of drug-likeness (QED) is 0.0765. The van der Waals surface area contributed by atoms with E-state index >= 15 is 0 Å². The highest BCUT2D eigenvalue weighted by atomic mass is 35.5. The smallest absolute Gasteiger partial charge is 0.340 e. The summed E-state index contributed by atoms with van der Waals surface area (Å²) in [6, 6.07) is 19.1. The first-order chi connectivity index (χ1) is 17.5. The average Bonchev–Trinajstić information content (AvgIpc) is 2.90. The van der Waals surface area contributed by atoms with Crippen LogP contribution >= 0.6 is 11.6 Å². The number of halogens is 1. The molecular formula is C26H26ClN5O4. The minimum Gasteiger partial charge on any atom is -0.497 e. The zero-order valence-electron chi connectivity index (χ0n) is 20.2. The van der Waals surface area contributed by atoms with E-state index in [0.717, 1.165) is 22.6 Å². The van der Waals surface area contributed by atoms with Crippen LogP contribution in [0.3, 0.4) is 0 Å². The van der Waals surface area contributed by atoms with Gasteiger partial charge in [-0.15, -0.1) is 0 Å². The van der Waals surface area contributed by atoms with E-state index in [4.69, 9.17) is 31.3 Å².